The van der Waals surface area contributed by atoms with Gasteiger partial charge in [0.15, 0.2) is 0 Å². The lowest BCUT2D eigenvalue weighted by molar-refractivity contribution is -0.00778. The van der Waals surface area contributed by atoms with E-state index in [1.807, 2.05) is 14.2 Å². The van der Waals surface area contributed by atoms with Gasteiger partial charge in [0.1, 0.15) is 0 Å². The first-order chi connectivity index (χ1) is 23.8. The molecule has 0 spiro atoms. The Morgan fingerprint density at radius 1 is 0.612 bits per heavy atom. The number of ether oxygens (including phenoxy) is 1. The Morgan fingerprint density at radius 3 is 1.47 bits per heavy atom. The second-order valence-electron chi connectivity index (χ2n) is 14.5. The van der Waals surface area contributed by atoms with Crippen LogP contribution in [0.1, 0.15) is 40.0 Å². The molecule has 2 atom stereocenters. The molecule has 1 aliphatic rings. The zero-order valence-electron chi connectivity index (χ0n) is 29.4. The fourth-order valence-corrected chi connectivity index (χ4v) is 10.5. The number of hydrogen-bond acceptors (Lipinski definition) is 3. The second kappa shape index (κ2) is 12.7. The maximum Gasteiger partial charge on any atom is 0.337 e. The van der Waals surface area contributed by atoms with Gasteiger partial charge >= 0.3 is 8.56 Å². The molecule has 0 amide bonds. The monoisotopic (exact) mass is 662 g/mol. The Labute approximate surface area is 290 Å². The lowest BCUT2D eigenvalue weighted by Gasteiger charge is -2.38. The van der Waals surface area contributed by atoms with E-state index in [1.165, 1.54) is 75.1 Å². The smallest absolute Gasteiger partial charge is 0.337 e. The summed E-state index contributed by atoms with van der Waals surface area (Å²) in [6.45, 7) is 7.51. The van der Waals surface area contributed by atoms with Gasteiger partial charge in [0.25, 0.3) is 0 Å². The van der Waals surface area contributed by atoms with Crippen LogP contribution in [0.25, 0.3) is 76.8 Å². The van der Waals surface area contributed by atoms with Gasteiger partial charge in [-0.25, -0.2) is 0 Å². The highest BCUT2D eigenvalue weighted by Crippen LogP contribution is 2.38. The van der Waals surface area contributed by atoms with Gasteiger partial charge in [-0.3, -0.25) is 0 Å². The fourth-order valence-electron chi connectivity index (χ4n) is 8.27. The van der Waals surface area contributed by atoms with Crippen molar-refractivity contribution in [1.29, 1.82) is 0 Å². The number of benzene rings is 7. The summed E-state index contributed by atoms with van der Waals surface area (Å²) in [4.78, 5) is 0. The summed E-state index contributed by atoms with van der Waals surface area (Å²) in [5, 5.41) is 18.0. The normalized spacial score (nSPS) is 17.2. The quantitative estimate of drug-likeness (QED) is 0.108. The maximum absolute atomic E-state index is 6.60. The van der Waals surface area contributed by atoms with Crippen molar-refractivity contribution in [3.63, 3.8) is 0 Å². The van der Waals surface area contributed by atoms with Gasteiger partial charge in [-0.1, -0.05) is 57.2 Å². The molecule has 0 saturated carbocycles. The van der Waals surface area contributed by atoms with Crippen LogP contribution in [0.15, 0.2) is 97.1 Å². The summed E-state index contributed by atoms with van der Waals surface area (Å²) in [7, 11) is 1.40. The lowest BCUT2D eigenvalue weighted by atomic mass is 9.76. The SMILES string of the molecule is CCCOC(CC[Si](CC)(OC)OC)C1(C)C=c2cc3cc4cc5cc6cc7cc8ccccc8cc7cc6cc5cc4cc3cc2=CC1. The summed E-state index contributed by atoms with van der Waals surface area (Å²) in [5.74, 6) is 0. The van der Waals surface area contributed by atoms with E-state index in [1.54, 1.807) is 0 Å². The molecular weight excluding hydrogens is 617 g/mol. The van der Waals surface area contributed by atoms with E-state index >= 15 is 0 Å². The minimum Gasteiger partial charge on any atom is -0.398 e. The van der Waals surface area contributed by atoms with Gasteiger partial charge < -0.3 is 13.6 Å². The molecule has 0 heterocycles. The number of rotatable bonds is 10. The van der Waals surface area contributed by atoms with Crippen LogP contribution < -0.4 is 10.4 Å². The number of fused-ring (bicyclic) bond motifs is 7. The van der Waals surface area contributed by atoms with Crippen molar-refractivity contribution in [3.8, 4) is 0 Å². The minimum absolute atomic E-state index is 0.101. The van der Waals surface area contributed by atoms with E-state index in [-0.39, 0.29) is 11.5 Å². The van der Waals surface area contributed by atoms with Crippen molar-refractivity contribution < 1.29 is 13.6 Å². The lowest BCUT2D eigenvalue weighted by Crippen LogP contribution is -2.44. The predicted molar refractivity (Wildman–Crippen MR) is 212 cm³/mol. The molecule has 4 heteroatoms. The molecule has 0 N–H and O–H groups in total. The van der Waals surface area contributed by atoms with E-state index in [0.717, 1.165) is 38.0 Å². The molecule has 7 aromatic rings. The molecule has 7 aromatic carbocycles. The van der Waals surface area contributed by atoms with Gasteiger partial charge in [-0.15, -0.1) is 0 Å². The van der Waals surface area contributed by atoms with E-state index in [0.29, 0.717) is 0 Å². The highest BCUT2D eigenvalue weighted by molar-refractivity contribution is 6.67. The average molecular weight is 663 g/mol. The third kappa shape index (κ3) is 5.85. The van der Waals surface area contributed by atoms with E-state index in [2.05, 4.69) is 130 Å². The molecule has 2 unspecified atom stereocenters. The van der Waals surface area contributed by atoms with Gasteiger partial charge in [0.05, 0.1) is 6.10 Å². The van der Waals surface area contributed by atoms with Crippen molar-refractivity contribution in [3.05, 3.63) is 107 Å². The van der Waals surface area contributed by atoms with Gasteiger partial charge in [0.2, 0.25) is 0 Å². The van der Waals surface area contributed by atoms with Gasteiger partial charge in [-0.05, 0) is 179 Å². The van der Waals surface area contributed by atoms with Crippen LogP contribution in [0.5, 0.6) is 0 Å². The maximum atomic E-state index is 6.60. The highest BCUT2D eigenvalue weighted by atomic mass is 28.4. The summed E-state index contributed by atoms with van der Waals surface area (Å²) in [6, 6.07) is 38.8. The van der Waals surface area contributed by atoms with E-state index in [4.69, 9.17) is 13.6 Å². The highest BCUT2D eigenvalue weighted by Gasteiger charge is 2.39. The molecule has 248 valence electrons. The zero-order chi connectivity index (χ0) is 33.8. The van der Waals surface area contributed by atoms with Crippen molar-refractivity contribution in [1.82, 2.24) is 0 Å². The van der Waals surface area contributed by atoms with Crippen LogP contribution in [0.2, 0.25) is 12.1 Å². The third-order valence-corrected chi connectivity index (χ3v) is 14.9. The van der Waals surface area contributed by atoms with Crippen molar-refractivity contribution in [2.45, 2.75) is 58.2 Å². The molecule has 0 radical (unpaired) electrons. The standard InChI is InChI=1S/C45H46O3Si/c1-6-15-48-44(13-16-49(7-2,46-4)47-5)45(3)14-12-32-19-35-22-38-25-39-23-36-20-33-17-30-10-8-9-11-31(30)18-34(33)21-37(36)24-40(39)26-41(38)27-42(35)28-43(32)29-45/h8-12,17-29,44H,6-7,13-16H2,1-5H3. The Hall–Kier alpha value is -4.06. The molecule has 1 aliphatic carbocycles. The molecule has 3 nitrogen and oxygen atoms in total. The third-order valence-electron chi connectivity index (χ3n) is 11.3. The molecule has 0 aromatic heterocycles. The summed E-state index contributed by atoms with van der Waals surface area (Å²) >= 11 is 0. The van der Waals surface area contributed by atoms with E-state index in [9.17, 15) is 0 Å². The van der Waals surface area contributed by atoms with E-state index < -0.39 is 8.56 Å². The Kier molecular flexibility index (Phi) is 8.32. The largest absolute Gasteiger partial charge is 0.398 e. The summed E-state index contributed by atoms with van der Waals surface area (Å²) in [6.07, 6.45) is 7.92. The topological polar surface area (TPSA) is 27.7 Å². The molecule has 8 rings (SSSR count). The Bertz CT molecular complexity index is 2510. The molecule has 0 aliphatic heterocycles. The Morgan fingerprint density at radius 2 is 1.04 bits per heavy atom. The van der Waals surface area contributed by atoms with Crippen molar-refractivity contribution in [2.75, 3.05) is 20.8 Å². The first kappa shape index (κ1) is 32.2. The van der Waals surface area contributed by atoms with Crippen molar-refractivity contribution >= 4 is 85.3 Å². The minimum atomic E-state index is -2.21. The summed E-state index contributed by atoms with van der Waals surface area (Å²) in [5.41, 5.74) is -0.101. The van der Waals surface area contributed by atoms with Crippen LogP contribution in [0.4, 0.5) is 0 Å². The second-order valence-corrected chi connectivity index (χ2v) is 18.3. The Balaban J connectivity index is 1.19. The first-order valence-corrected chi connectivity index (χ1v) is 20.2. The molecule has 0 fully saturated rings. The van der Waals surface area contributed by atoms with Crippen LogP contribution in [0, 0.1) is 5.41 Å². The van der Waals surface area contributed by atoms with Crippen LogP contribution in [-0.4, -0.2) is 35.5 Å². The number of hydrogen-bond donors (Lipinski definition) is 0. The fraction of sp³-hybridized carbons (Fsp3) is 0.289. The average Bonchev–Trinajstić information content (AvgIpc) is 3.11. The summed E-state index contributed by atoms with van der Waals surface area (Å²) < 4.78 is 18.5. The van der Waals surface area contributed by atoms with Crippen molar-refractivity contribution in [2.24, 2.45) is 5.41 Å². The molecule has 0 bridgehead atoms. The van der Waals surface area contributed by atoms with Crippen LogP contribution >= 0.6 is 0 Å². The van der Waals surface area contributed by atoms with Crippen LogP contribution in [-0.2, 0) is 13.6 Å². The van der Waals surface area contributed by atoms with Gasteiger partial charge in [-0.2, -0.15) is 0 Å². The predicted octanol–water partition coefficient (Wildman–Crippen LogP) is 10.5. The first-order valence-electron chi connectivity index (χ1n) is 18.0. The van der Waals surface area contributed by atoms with Crippen LogP contribution in [0.3, 0.4) is 0 Å². The van der Waals surface area contributed by atoms with Gasteiger partial charge in [0, 0.05) is 26.2 Å². The molecular formula is C45H46O3Si. The molecule has 0 saturated heterocycles. The zero-order valence-corrected chi connectivity index (χ0v) is 30.4. The molecule has 49 heavy (non-hydrogen) atoms.